The maximum absolute atomic E-state index is 5.03. The van der Waals surface area contributed by atoms with Crippen molar-refractivity contribution in [2.45, 2.75) is 38.5 Å². The molecule has 0 atom stereocenters. The zero-order valence-electron chi connectivity index (χ0n) is 9.98. The van der Waals surface area contributed by atoms with E-state index in [-0.39, 0.29) is 0 Å². The zero-order valence-corrected chi connectivity index (χ0v) is 9.98. The van der Waals surface area contributed by atoms with Crippen LogP contribution < -0.4 is 5.90 Å². The number of rotatable bonds is 4. The summed E-state index contributed by atoms with van der Waals surface area (Å²) in [5.41, 5.74) is 0. The Bertz CT molecular complexity index is 246. The van der Waals surface area contributed by atoms with Crippen LogP contribution in [0.25, 0.3) is 0 Å². The second-order valence-corrected chi connectivity index (χ2v) is 6.10. The van der Waals surface area contributed by atoms with Crippen molar-refractivity contribution < 1.29 is 4.84 Å². The minimum absolute atomic E-state index is 0.657. The molecule has 4 aliphatic carbocycles. The van der Waals surface area contributed by atoms with Crippen molar-refractivity contribution in [3.05, 3.63) is 12.2 Å². The maximum atomic E-state index is 5.03. The molecule has 2 nitrogen and oxygen atoms in total. The summed E-state index contributed by atoms with van der Waals surface area (Å²) in [7, 11) is 0. The molecule has 4 bridgehead atoms. The van der Waals surface area contributed by atoms with Crippen molar-refractivity contribution >= 4 is 0 Å². The van der Waals surface area contributed by atoms with Gasteiger partial charge in [0.1, 0.15) is 0 Å². The van der Waals surface area contributed by atoms with Gasteiger partial charge in [0.15, 0.2) is 0 Å². The van der Waals surface area contributed by atoms with Gasteiger partial charge in [0, 0.05) is 0 Å². The Hall–Kier alpha value is -0.340. The number of allylic oxidation sites excluding steroid dienone is 1. The minimum Gasteiger partial charge on any atom is -0.304 e. The molecule has 4 aliphatic rings. The maximum Gasteiger partial charge on any atom is 0.0713 e. The van der Waals surface area contributed by atoms with Crippen LogP contribution in [0, 0.1) is 29.6 Å². The predicted molar refractivity (Wildman–Crippen MR) is 64.4 cm³/mol. The molecule has 16 heavy (non-hydrogen) atoms. The summed E-state index contributed by atoms with van der Waals surface area (Å²) in [6.07, 6.45) is 13.3. The third kappa shape index (κ3) is 1.93. The van der Waals surface area contributed by atoms with Crippen LogP contribution in [0.15, 0.2) is 12.2 Å². The lowest BCUT2D eigenvalue weighted by Gasteiger charge is -2.53. The average Bonchev–Trinajstić information content (AvgIpc) is 2.26. The van der Waals surface area contributed by atoms with Gasteiger partial charge >= 0.3 is 0 Å². The largest absolute Gasteiger partial charge is 0.304 e. The highest BCUT2D eigenvalue weighted by molar-refractivity contribution is 5.05. The molecular weight excluding hydrogens is 198 g/mol. The van der Waals surface area contributed by atoms with Gasteiger partial charge in [0.25, 0.3) is 0 Å². The van der Waals surface area contributed by atoms with Crippen molar-refractivity contribution in [1.82, 2.24) is 0 Å². The molecule has 4 rings (SSSR count). The highest BCUT2D eigenvalue weighted by atomic mass is 16.6. The summed E-state index contributed by atoms with van der Waals surface area (Å²) in [5, 5.41) is 0. The smallest absolute Gasteiger partial charge is 0.0713 e. The molecule has 0 spiro atoms. The molecule has 0 radical (unpaired) electrons. The summed E-state index contributed by atoms with van der Waals surface area (Å²) < 4.78 is 0. The normalized spacial score (nSPS) is 45.7. The van der Waals surface area contributed by atoms with Crippen LogP contribution >= 0.6 is 0 Å². The van der Waals surface area contributed by atoms with Crippen molar-refractivity contribution in [1.29, 1.82) is 0 Å². The van der Waals surface area contributed by atoms with Crippen molar-refractivity contribution in [3.8, 4) is 0 Å². The molecule has 4 saturated carbocycles. The van der Waals surface area contributed by atoms with Crippen LogP contribution in [0.4, 0.5) is 0 Å². The first-order chi connectivity index (χ1) is 7.86. The SMILES string of the molecule is NOCC/C=C/C1C2CC3CC(C2)CC1C3. The molecule has 2 N–H and O–H groups in total. The van der Waals surface area contributed by atoms with Crippen LogP contribution in [0.1, 0.15) is 38.5 Å². The van der Waals surface area contributed by atoms with E-state index < -0.39 is 0 Å². The van der Waals surface area contributed by atoms with Gasteiger partial charge in [-0.15, -0.1) is 0 Å². The second kappa shape index (κ2) is 4.50. The van der Waals surface area contributed by atoms with Crippen LogP contribution in [-0.2, 0) is 4.84 Å². The first kappa shape index (κ1) is 10.8. The Labute approximate surface area is 98.2 Å². The fraction of sp³-hybridized carbons (Fsp3) is 0.857. The average molecular weight is 221 g/mol. The lowest BCUT2D eigenvalue weighted by atomic mass is 9.52. The standard InChI is InChI=1S/C14H23NO/c15-16-4-2-1-3-14-12-6-10-5-11(8-12)9-13(14)7-10/h1,3,10-14H,2,4-9,15H2/b3-1+. The van der Waals surface area contributed by atoms with Gasteiger partial charge in [-0.25, -0.2) is 5.90 Å². The Morgan fingerprint density at radius 1 is 1.00 bits per heavy atom. The van der Waals surface area contributed by atoms with Crippen molar-refractivity contribution in [2.75, 3.05) is 6.61 Å². The lowest BCUT2D eigenvalue weighted by molar-refractivity contribution is -0.0162. The van der Waals surface area contributed by atoms with Gasteiger partial charge in [-0.3, -0.25) is 0 Å². The van der Waals surface area contributed by atoms with E-state index in [1.165, 1.54) is 25.7 Å². The highest BCUT2D eigenvalue weighted by Gasteiger charge is 2.46. The van der Waals surface area contributed by atoms with E-state index in [2.05, 4.69) is 17.0 Å². The van der Waals surface area contributed by atoms with E-state index in [9.17, 15) is 0 Å². The van der Waals surface area contributed by atoms with Gasteiger partial charge in [-0.2, -0.15) is 0 Å². The summed E-state index contributed by atoms with van der Waals surface area (Å²) >= 11 is 0. The molecule has 4 fully saturated rings. The topological polar surface area (TPSA) is 35.2 Å². The molecule has 0 aromatic rings. The number of hydrogen-bond acceptors (Lipinski definition) is 2. The molecule has 0 saturated heterocycles. The van der Waals surface area contributed by atoms with Gasteiger partial charge in [0.05, 0.1) is 6.61 Å². The summed E-state index contributed by atoms with van der Waals surface area (Å²) in [5.74, 6) is 10.1. The molecule has 0 amide bonds. The highest BCUT2D eigenvalue weighted by Crippen LogP contribution is 2.56. The molecule has 0 aromatic carbocycles. The molecule has 0 unspecified atom stereocenters. The summed E-state index contributed by atoms with van der Waals surface area (Å²) in [4.78, 5) is 4.60. The minimum atomic E-state index is 0.657. The van der Waals surface area contributed by atoms with E-state index in [4.69, 9.17) is 5.90 Å². The second-order valence-electron chi connectivity index (χ2n) is 6.10. The molecule has 0 heterocycles. The van der Waals surface area contributed by atoms with E-state index in [0.29, 0.717) is 6.61 Å². The summed E-state index contributed by atoms with van der Waals surface area (Å²) in [6.45, 7) is 0.657. The van der Waals surface area contributed by atoms with E-state index in [1.54, 1.807) is 6.42 Å². The molecule has 90 valence electrons. The third-order valence-electron chi connectivity index (χ3n) is 5.06. The Kier molecular flexibility index (Phi) is 3.03. The molecule has 2 heteroatoms. The van der Waals surface area contributed by atoms with Crippen molar-refractivity contribution in [2.24, 2.45) is 35.5 Å². The first-order valence-electron chi connectivity index (χ1n) is 6.85. The first-order valence-corrected chi connectivity index (χ1v) is 6.85. The fourth-order valence-corrected chi connectivity index (χ4v) is 4.67. The lowest BCUT2D eigenvalue weighted by Crippen LogP contribution is -2.44. The molecule has 0 aromatic heterocycles. The fourth-order valence-electron chi connectivity index (χ4n) is 4.67. The van der Waals surface area contributed by atoms with Gasteiger partial charge in [0.2, 0.25) is 0 Å². The third-order valence-corrected chi connectivity index (χ3v) is 5.06. The van der Waals surface area contributed by atoms with Crippen LogP contribution in [0.3, 0.4) is 0 Å². The summed E-state index contributed by atoms with van der Waals surface area (Å²) in [6, 6.07) is 0. The van der Waals surface area contributed by atoms with E-state index in [0.717, 1.165) is 36.0 Å². The number of hydrogen-bond donors (Lipinski definition) is 1. The zero-order chi connectivity index (χ0) is 11.0. The van der Waals surface area contributed by atoms with Gasteiger partial charge < -0.3 is 4.84 Å². The molecular formula is C14H23NO. The van der Waals surface area contributed by atoms with E-state index in [1.807, 2.05) is 0 Å². The van der Waals surface area contributed by atoms with Crippen LogP contribution in [0.5, 0.6) is 0 Å². The Balaban J connectivity index is 1.61. The quantitative estimate of drug-likeness (QED) is 0.450. The van der Waals surface area contributed by atoms with Gasteiger partial charge in [-0.05, 0) is 68.1 Å². The Morgan fingerprint density at radius 3 is 2.19 bits per heavy atom. The predicted octanol–water partition coefficient (Wildman–Crippen LogP) is 2.90. The number of nitrogens with two attached hydrogens (primary N) is 1. The monoisotopic (exact) mass is 221 g/mol. The molecule has 0 aliphatic heterocycles. The Morgan fingerprint density at radius 2 is 1.62 bits per heavy atom. The van der Waals surface area contributed by atoms with Crippen LogP contribution in [-0.4, -0.2) is 6.61 Å². The van der Waals surface area contributed by atoms with Crippen molar-refractivity contribution in [3.63, 3.8) is 0 Å². The van der Waals surface area contributed by atoms with E-state index >= 15 is 0 Å². The van der Waals surface area contributed by atoms with Gasteiger partial charge in [-0.1, -0.05) is 12.2 Å². The van der Waals surface area contributed by atoms with Crippen LogP contribution in [0.2, 0.25) is 0 Å².